The maximum atomic E-state index is 5.30. The molecule has 0 aliphatic heterocycles. The summed E-state index contributed by atoms with van der Waals surface area (Å²) in [5.74, 6) is 0.605. The Morgan fingerprint density at radius 2 is 2.10 bits per heavy atom. The largest absolute Gasteiger partial charge is 0.354 e. The molecule has 1 N–H and O–H groups in total. The Hall–Kier alpha value is -1.82. The van der Waals surface area contributed by atoms with E-state index in [9.17, 15) is 0 Å². The SMILES string of the molecule is CCCCCCNc1ncn(Cc2ccccn2)c(=S)n1. The second kappa shape index (κ2) is 8.46. The van der Waals surface area contributed by atoms with Gasteiger partial charge in [-0.3, -0.25) is 4.98 Å². The summed E-state index contributed by atoms with van der Waals surface area (Å²) in [5.41, 5.74) is 0.942. The zero-order valence-electron chi connectivity index (χ0n) is 12.3. The first-order valence-corrected chi connectivity index (χ1v) is 7.77. The third-order valence-electron chi connectivity index (χ3n) is 3.14. The smallest absolute Gasteiger partial charge is 0.226 e. The van der Waals surface area contributed by atoms with E-state index in [2.05, 4.69) is 27.2 Å². The molecule has 0 bridgehead atoms. The summed E-state index contributed by atoms with van der Waals surface area (Å²) in [6.07, 6.45) is 8.37. The topological polar surface area (TPSA) is 55.6 Å². The van der Waals surface area contributed by atoms with Crippen LogP contribution >= 0.6 is 12.2 Å². The molecule has 0 radical (unpaired) electrons. The van der Waals surface area contributed by atoms with Gasteiger partial charge in [-0.25, -0.2) is 4.98 Å². The average Bonchev–Trinajstić information content (AvgIpc) is 2.51. The van der Waals surface area contributed by atoms with Crippen molar-refractivity contribution >= 4 is 18.2 Å². The standard InChI is InChI=1S/C15H21N5S/c1-2-3-4-6-10-17-14-18-12-20(15(21)19-14)11-13-8-5-7-9-16-13/h5,7-9,12H,2-4,6,10-11H2,1H3,(H,17,19,21). The van der Waals surface area contributed by atoms with Crippen LogP contribution in [0, 0.1) is 4.77 Å². The van der Waals surface area contributed by atoms with Crippen molar-refractivity contribution in [3.05, 3.63) is 41.2 Å². The number of unbranched alkanes of at least 4 members (excludes halogenated alkanes) is 3. The lowest BCUT2D eigenvalue weighted by Gasteiger charge is -2.08. The Bertz CT molecular complexity index is 597. The molecule has 0 saturated carbocycles. The van der Waals surface area contributed by atoms with Crippen molar-refractivity contribution < 1.29 is 0 Å². The number of anilines is 1. The lowest BCUT2D eigenvalue weighted by molar-refractivity contribution is 0.678. The fourth-order valence-corrected chi connectivity index (χ4v) is 2.17. The Labute approximate surface area is 130 Å². The van der Waals surface area contributed by atoms with Crippen molar-refractivity contribution in [2.45, 2.75) is 39.2 Å². The molecule has 21 heavy (non-hydrogen) atoms. The lowest BCUT2D eigenvalue weighted by atomic mass is 10.2. The van der Waals surface area contributed by atoms with Gasteiger partial charge in [0.15, 0.2) is 0 Å². The molecule has 0 fully saturated rings. The van der Waals surface area contributed by atoms with Crippen LogP contribution in [0.5, 0.6) is 0 Å². The molecule has 0 saturated heterocycles. The van der Waals surface area contributed by atoms with E-state index < -0.39 is 0 Å². The number of aromatic nitrogens is 4. The molecule has 0 amide bonds. The van der Waals surface area contributed by atoms with Gasteiger partial charge in [-0.05, 0) is 30.8 Å². The summed E-state index contributed by atoms with van der Waals surface area (Å²) in [7, 11) is 0. The number of nitrogens with zero attached hydrogens (tertiary/aromatic N) is 4. The highest BCUT2D eigenvalue weighted by molar-refractivity contribution is 7.71. The zero-order valence-corrected chi connectivity index (χ0v) is 13.1. The van der Waals surface area contributed by atoms with Crippen molar-refractivity contribution in [3.63, 3.8) is 0 Å². The molecular weight excluding hydrogens is 282 g/mol. The second-order valence-electron chi connectivity index (χ2n) is 4.90. The zero-order chi connectivity index (χ0) is 14.9. The molecule has 2 aromatic heterocycles. The number of pyridine rings is 1. The van der Waals surface area contributed by atoms with E-state index in [0.717, 1.165) is 18.7 Å². The molecule has 5 nitrogen and oxygen atoms in total. The minimum Gasteiger partial charge on any atom is -0.354 e. The van der Waals surface area contributed by atoms with Gasteiger partial charge in [-0.1, -0.05) is 32.3 Å². The molecule has 2 rings (SSSR count). The van der Waals surface area contributed by atoms with Gasteiger partial charge in [0.05, 0.1) is 12.2 Å². The van der Waals surface area contributed by atoms with E-state index in [1.165, 1.54) is 19.3 Å². The first-order chi connectivity index (χ1) is 10.3. The molecule has 2 aromatic rings. The van der Waals surface area contributed by atoms with Gasteiger partial charge in [0, 0.05) is 12.7 Å². The summed E-state index contributed by atoms with van der Waals surface area (Å²) in [4.78, 5) is 12.9. The van der Waals surface area contributed by atoms with Crippen LogP contribution in [0.1, 0.15) is 38.3 Å². The van der Waals surface area contributed by atoms with Gasteiger partial charge in [-0.15, -0.1) is 0 Å². The predicted molar refractivity (Wildman–Crippen MR) is 86.8 cm³/mol. The first-order valence-electron chi connectivity index (χ1n) is 7.37. The predicted octanol–water partition coefficient (Wildman–Crippen LogP) is 3.44. The van der Waals surface area contributed by atoms with Crippen LogP contribution in [0.25, 0.3) is 0 Å². The van der Waals surface area contributed by atoms with Gasteiger partial charge in [0.1, 0.15) is 6.33 Å². The minimum atomic E-state index is 0.520. The van der Waals surface area contributed by atoms with Gasteiger partial charge in [0.25, 0.3) is 0 Å². The molecule has 6 heteroatoms. The third-order valence-corrected chi connectivity index (χ3v) is 3.46. The molecule has 0 aliphatic rings. The van der Waals surface area contributed by atoms with E-state index in [1.807, 2.05) is 22.8 Å². The highest BCUT2D eigenvalue weighted by Crippen LogP contribution is 2.03. The van der Waals surface area contributed by atoms with Gasteiger partial charge < -0.3 is 9.88 Å². The van der Waals surface area contributed by atoms with Crippen LogP contribution < -0.4 is 5.32 Å². The first kappa shape index (κ1) is 15.6. The summed E-state index contributed by atoms with van der Waals surface area (Å²) in [6, 6.07) is 5.81. The Morgan fingerprint density at radius 3 is 2.81 bits per heavy atom. The van der Waals surface area contributed by atoms with Gasteiger partial charge >= 0.3 is 0 Å². The van der Waals surface area contributed by atoms with Crippen molar-refractivity contribution in [2.24, 2.45) is 0 Å². The van der Waals surface area contributed by atoms with Crippen LogP contribution in [-0.2, 0) is 6.54 Å². The molecule has 112 valence electrons. The van der Waals surface area contributed by atoms with Crippen LogP contribution in [0.3, 0.4) is 0 Å². The van der Waals surface area contributed by atoms with Crippen LogP contribution in [-0.4, -0.2) is 26.1 Å². The highest BCUT2D eigenvalue weighted by Gasteiger charge is 2.00. The molecule has 0 unspecified atom stereocenters. The van der Waals surface area contributed by atoms with E-state index in [0.29, 0.717) is 17.3 Å². The van der Waals surface area contributed by atoms with Gasteiger partial charge in [-0.2, -0.15) is 4.98 Å². The Morgan fingerprint density at radius 1 is 1.19 bits per heavy atom. The van der Waals surface area contributed by atoms with Crippen LogP contribution in [0.15, 0.2) is 30.7 Å². The normalized spacial score (nSPS) is 10.5. The highest BCUT2D eigenvalue weighted by atomic mass is 32.1. The molecule has 0 aliphatic carbocycles. The Kier molecular flexibility index (Phi) is 6.27. The minimum absolute atomic E-state index is 0.520. The number of nitrogens with one attached hydrogen (secondary N) is 1. The third kappa shape index (κ3) is 5.23. The maximum Gasteiger partial charge on any atom is 0.226 e. The maximum absolute atomic E-state index is 5.30. The number of hydrogen-bond donors (Lipinski definition) is 1. The number of rotatable bonds is 8. The quantitative estimate of drug-likeness (QED) is 0.598. The molecule has 0 spiro atoms. The fraction of sp³-hybridized carbons (Fsp3) is 0.467. The molecule has 2 heterocycles. The monoisotopic (exact) mass is 303 g/mol. The summed E-state index contributed by atoms with van der Waals surface area (Å²) < 4.78 is 2.34. The molecule has 0 aromatic carbocycles. The van der Waals surface area contributed by atoms with Crippen LogP contribution in [0.4, 0.5) is 5.95 Å². The molecular formula is C15H21N5S. The fourth-order valence-electron chi connectivity index (χ4n) is 1.97. The molecule has 0 atom stereocenters. The average molecular weight is 303 g/mol. The summed E-state index contributed by atoms with van der Waals surface area (Å²) >= 11 is 5.30. The van der Waals surface area contributed by atoms with Crippen molar-refractivity contribution in [2.75, 3.05) is 11.9 Å². The van der Waals surface area contributed by atoms with E-state index in [1.54, 1.807) is 12.5 Å². The van der Waals surface area contributed by atoms with Crippen LogP contribution in [0.2, 0.25) is 0 Å². The van der Waals surface area contributed by atoms with Gasteiger partial charge in [0.2, 0.25) is 10.7 Å². The van der Waals surface area contributed by atoms with E-state index >= 15 is 0 Å². The second-order valence-corrected chi connectivity index (χ2v) is 5.26. The van der Waals surface area contributed by atoms with E-state index in [4.69, 9.17) is 12.2 Å². The number of hydrogen-bond acceptors (Lipinski definition) is 5. The van der Waals surface area contributed by atoms with E-state index in [-0.39, 0.29) is 0 Å². The Balaban J connectivity index is 1.90. The van der Waals surface area contributed by atoms with Crippen molar-refractivity contribution in [1.82, 2.24) is 19.5 Å². The lowest BCUT2D eigenvalue weighted by Crippen LogP contribution is -2.11. The summed E-state index contributed by atoms with van der Waals surface area (Å²) in [5, 5.41) is 3.22. The summed E-state index contributed by atoms with van der Waals surface area (Å²) in [6.45, 7) is 3.69. The van der Waals surface area contributed by atoms with Crippen molar-refractivity contribution in [3.8, 4) is 0 Å². The van der Waals surface area contributed by atoms with Crippen molar-refractivity contribution in [1.29, 1.82) is 0 Å².